The Labute approximate surface area is 229 Å². The molecule has 0 radical (unpaired) electrons. The number of carbonyl (C=O) groups excluding carboxylic acids is 1. The van der Waals surface area contributed by atoms with Crippen molar-refractivity contribution in [3.05, 3.63) is 71.4 Å². The van der Waals surface area contributed by atoms with Crippen LogP contribution < -0.4 is 0 Å². The minimum absolute atomic E-state index is 0.0816. The molecule has 0 unspecified atom stereocenters. The van der Waals surface area contributed by atoms with Gasteiger partial charge in [0.2, 0.25) is 5.91 Å². The molecule has 208 valence electrons. The summed E-state index contributed by atoms with van der Waals surface area (Å²) >= 11 is 0. The normalized spacial score (nSPS) is 13.0. The Morgan fingerprint density at radius 1 is 1.05 bits per heavy atom. The van der Waals surface area contributed by atoms with Gasteiger partial charge in [0.1, 0.15) is 0 Å². The van der Waals surface area contributed by atoms with Crippen molar-refractivity contribution < 1.29 is 14.6 Å². The van der Waals surface area contributed by atoms with Gasteiger partial charge in [-0.05, 0) is 46.9 Å². The highest BCUT2D eigenvalue weighted by atomic mass is 16.5. The van der Waals surface area contributed by atoms with E-state index in [-0.39, 0.29) is 23.8 Å². The molecule has 2 aromatic carbocycles. The number of H-pyrrole nitrogens is 1. The van der Waals surface area contributed by atoms with Crippen LogP contribution in [0.4, 0.5) is 0 Å². The quantitative estimate of drug-likeness (QED) is 0.279. The largest absolute Gasteiger partial charge is 0.392 e. The predicted molar refractivity (Wildman–Crippen MR) is 156 cm³/mol. The number of methoxy groups -OCH3 is 1. The number of aromatic amines is 1. The number of aliphatic hydroxyl groups is 1. The van der Waals surface area contributed by atoms with Crippen molar-refractivity contribution in [2.45, 2.75) is 65.5 Å². The second-order valence-electron chi connectivity index (χ2n) is 11.8. The summed E-state index contributed by atoms with van der Waals surface area (Å²) in [6, 6.07) is 16.9. The molecule has 2 N–H and O–H groups in total. The number of nitrogens with one attached hydrogen (secondary N) is 1. The lowest BCUT2D eigenvalue weighted by atomic mass is 9.87. The Balaban J connectivity index is 1.78. The first-order valence-electron chi connectivity index (χ1n) is 13.9. The lowest BCUT2D eigenvalue weighted by Gasteiger charge is -2.30. The number of hydrogen-bond donors (Lipinski definition) is 2. The van der Waals surface area contributed by atoms with Gasteiger partial charge in [-0.25, -0.2) is 0 Å². The molecule has 6 nitrogen and oxygen atoms in total. The number of benzene rings is 2. The van der Waals surface area contributed by atoms with Gasteiger partial charge in [0.15, 0.2) is 0 Å². The van der Waals surface area contributed by atoms with Gasteiger partial charge in [-0.15, -0.1) is 0 Å². The van der Waals surface area contributed by atoms with Crippen molar-refractivity contribution in [3.8, 4) is 0 Å². The fourth-order valence-electron chi connectivity index (χ4n) is 4.65. The first kappa shape index (κ1) is 29.9. The third kappa shape index (κ3) is 8.69. The molecule has 0 saturated carbocycles. The highest BCUT2D eigenvalue weighted by Crippen LogP contribution is 2.23. The van der Waals surface area contributed by atoms with E-state index in [4.69, 9.17) is 4.74 Å². The van der Waals surface area contributed by atoms with Crippen LogP contribution in [0.1, 0.15) is 57.7 Å². The van der Waals surface area contributed by atoms with Gasteiger partial charge in [-0.1, -0.05) is 77.1 Å². The molecule has 3 rings (SSSR count). The Morgan fingerprint density at radius 2 is 1.76 bits per heavy atom. The first-order valence-corrected chi connectivity index (χ1v) is 13.9. The van der Waals surface area contributed by atoms with E-state index >= 15 is 0 Å². The van der Waals surface area contributed by atoms with E-state index in [9.17, 15) is 9.90 Å². The van der Waals surface area contributed by atoms with E-state index in [0.29, 0.717) is 32.8 Å². The fraction of sp³-hybridized carbons (Fsp3) is 0.531. The van der Waals surface area contributed by atoms with Gasteiger partial charge in [-0.3, -0.25) is 9.69 Å². The number of carbonyl (C=O) groups is 1. The third-order valence-corrected chi connectivity index (χ3v) is 7.27. The average molecular weight is 522 g/mol. The fourth-order valence-corrected chi connectivity index (χ4v) is 4.65. The van der Waals surface area contributed by atoms with Crippen LogP contribution in [0.5, 0.6) is 0 Å². The van der Waals surface area contributed by atoms with Gasteiger partial charge in [0.25, 0.3) is 0 Å². The number of ether oxygens (including phenoxy) is 1. The monoisotopic (exact) mass is 521 g/mol. The molecule has 1 heterocycles. The van der Waals surface area contributed by atoms with Gasteiger partial charge in [-0.2, -0.15) is 0 Å². The maximum absolute atomic E-state index is 13.8. The summed E-state index contributed by atoms with van der Waals surface area (Å²) in [5, 5.41) is 11.8. The highest BCUT2D eigenvalue weighted by Gasteiger charge is 2.22. The van der Waals surface area contributed by atoms with Crippen molar-refractivity contribution >= 4 is 16.8 Å². The maximum atomic E-state index is 13.8. The Hall–Kier alpha value is -2.67. The standard InChI is InChI=1S/C32H47N3O3/c1-24(2)30(36)22-34(17-9-19-38-6)23-31(37)35(21-25-12-14-27(15-13-25)32(3,4)5)18-16-26-20-33-29-11-8-7-10-28(26)29/h7-8,10-15,20,24,30,33,36H,9,16-19,21-23H2,1-6H3/t30-/m1/s1. The number of para-hydroxylation sites is 1. The summed E-state index contributed by atoms with van der Waals surface area (Å²) in [5.74, 6) is 0.215. The maximum Gasteiger partial charge on any atom is 0.237 e. The summed E-state index contributed by atoms with van der Waals surface area (Å²) in [7, 11) is 1.69. The van der Waals surface area contributed by atoms with Crippen molar-refractivity contribution in [2.75, 3.05) is 39.9 Å². The highest BCUT2D eigenvalue weighted by molar-refractivity contribution is 5.83. The molecule has 0 aliphatic carbocycles. The smallest absolute Gasteiger partial charge is 0.237 e. The zero-order valence-electron chi connectivity index (χ0n) is 24.2. The van der Waals surface area contributed by atoms with Crippen LogP contribution in [-0.4, -0.2) is 71.8 Å². The molecule has 1 atom stereocenters. The molecule has 38 heavy (non-hydrogen) atoms. The van der Waals surface area contributed by atoms with E-state index in [0.717, 1.165) is 23.9 Å². The van der Waals surface area contributed by atoms with Crippen LogP contribution in [-0.2, 0) is 27.9 Å². The minimum atomic E-state index is -0.477. The van der Waals surface area contributed by atoms with E-state index in [1.54, 1.807) is 7.11 Å². The molecular weight excluding hydrogens is 474 g/mol. The number of aliphatic hydroxyl groups excluding tert-OH is 1. The predicted octanol–water partition coefficient (Wildman–Crippen LogP) is 5.39. The van der Waals surface area contributed by atoms with Crippen molar-refractivity contribution in [1.29, 1.82) is 0 Å². The molecule has 0 bridgehead atoms. The molecule has 3 aromatic rings. The van der Waals surface area contributed by atoms with E-state index in [1.165, 1.54) is 16.5 Å². The zero-order chi connectivity index (χ0) is 27.7. The average Bonchev–Trinajstić information content (AvgIpc) is 3.29. The summed E-state index contributed by atoms with van der Waals surface area (Å²) in [5.41, 5.74) is 4.82. The summed E-state index contributed by atoms with van der Waals surface area (Å²) in [4.78, 5) is 21.2. The molecule has 0 fully saturated rings. The van der Waals surface area contributed by atoms with E-state index in [1.807, 2.05) is 24.8 Å². The Morgan fingerprint density at radius 3 is 2.42 bits per heavy atom. The summed E-state index contributed by atoms with van der Waals surface area (Å²) in [6.45, 7) is 13.9. The number of amides is 1. The second kappa shape index (κ2) is 13.9. The van der Waals surface area contributed by atoms with Gasteiger partial charge in [0, 0.05) is 57.0 Å². The van der Waals surface area contributed by atoms with Gasteiger partial charge >= 0.3 is 0 Å². The van der Waals surface area contributed by atoms with Crippen molar-refractivity contribution in [3.63, 3.8) is 0 Å². The Kier molecular flexibility index (Phi) is 11.0. The Bertz CT molecular complexity index is 1130. The number of nitrogens with zero attached hydrogens (tertiary/aromatic N) is 2. The van der Waals surface area contributed by atoms with Crippen LogP contribution >= 0.6 is 0 Å². The van der Waals surface area contributed by atoms with E-state index in [2.05, 4.69) is 79.3 Å². The molecule has 0 aliphatic heterocycles. The van der Waals surface area contributed by atoms with Crippen molar-refractivity contribution in [2.24, 2.45) is 5.92 Å². The first-order chi connectivity index (χ1) is 18.1. The van der Waals surface area contributed by atoms with Crippen LogP contribution in [0, 0.1) is 5.92 Å². The van der Waals surface area contributed by atoms with Crippen LogP contribution in [0.15, 0.2) is 54.7 Å². The molecule has 0 spiro atoms. The van der Waals surface area contributed by atoms with Gasteiger partial charge < -0.3 is 19.7 Å². The topological polar surface area (TPSA) is 68.8 Å². The summed E-state index contributed by atoms with van der Waals surface area (Å²) < 4.78 is 5.24. The third-order valence-electron chi connectivity index (χ3n) is 7.27. The molecule has 0 aliphatic rings. The SMILES string of the molecule is COCCCN(CC(=O)N(CCc1c[nH]c2ccccc12)Cc1ccc(C(C)(C)C)cc1)C[C@@H](O)C(C)C. The molecule has 0 saturated heterocycles. The number of fused-ring (bicyclic) bond motifs is 1. The second-order valence-corrected chi connectivity index (χ2v) is 11.8. The lowest BCUT2D eigenvalue weighted by Crippen LogP contribution is -2.44. The lowest BCUT2D eigenvalue weighted by molar-refractivity contribution is -0.133. The number of hydrogen-bond acceptors (Lipinski definition) is 4. The zero-order valence-corrected chi connectivity index (χ0v) is 24.2. The van der Waals surface area contributed by atoms with Crippen LogP contribution in [0.25, 0.3) is 10.9 Å². The van der Waals surface area contributed by atoms with Gasteiger partial charge in [0.05, 0.1) is 12.6 Å². The van der Waals surface area contributed by atoms with Crippen molar-refractivity contribution in [1.82, 2.24) is 14.8 Å². The number of aromatic nitrogens is 1. The van der Waals surface area contributed by atoms with E-state index < -0.39 is 6.10 Å². The van der Waals surface area contributed by atoms with Crippen LogP contribution in [0.2, 0.25) is 0 Å². The molecule has 1 amide bonds. The van der Waals surface area contributed by atoms with Crippen LogP contribution in [0.3, 0.4) is 0 Å². The summed E-state index contributed by atoms with van der Waals surface area (Å²) in [6.07, 6.45) is 3.17. The number of rotatable bonds is 14. The minimum Gasteiger partial charge on any atom is -0.392 e. The molecule has 1 aromatic heterocycles. The molecule has 6 heteroatoms. The molecular formula is C32H47N3O3.